The molecule has 0 saturated carbocycles. The summed E-state index contributed by atoms with van der Waals surface area (Å²) in [6, 6.07) is 9.47. The number of nitro benzene ring substituents is 1. The zero-order chi connectivity index (χ0) is 17.3. The molecule has 0 radical (unpaired) electrons. The van der Waals surface area contributed by atoms with Gasteiger partial charge in [0.1, 0.15) is 5.69 Å². The van der Waals surface area contributed by atoms with Crippen LogP contribution in [0.2, 0.25) is 5.02 Å². The van der Waals surface area contributed by atoms with E-state index < -0.39 is 10.8 Å². The number of thiazole rings is 1. The number of nitro groups is 1. The van der Waals surface area contributed by atoms with Crippen molar-refractivity contribution in [3.63, 3.8) is 0 Å². The predicted octanol–water partition coefficient (Wildman–Crippen LogP) is 4.15. The van der Waals surface area contributed by atoms with Crippen molar-refractivity contribution in [3.05, 3.63) is 57.1 Å². The first-order valence-electron chi connectivity index (χ1n) is 6.81. The Labute approximate surface area is 145 Å². The van der Waals surface area contributed by atoms with Crippen molar-refractivity contribution in [2.24, 2.45) is 0 Å². The van der Waals surface area contributed by atoms with Crippen LogP contribution in [0.1, 0.15) is 10.4 Å². The fraction of sp³-hybridized carbons (Fsp3) is 0.0667. The molecule has 7 nitrogen and oxygen atoms in total. The summed E-state index contributed by atoms with van der Waals surface area (Å²) in [7, 11) is 1.58. The van der Waals surface area contributed by atoms with Gasteiger partial charge < -0.3 is 5.32 Å². The van der Waals surface area contributed by atoms with Crippen LogP contribution in [0.15, 0.2) is 36.4 Å². The highest BCUT2D eigenvalue weighted by molar-refractivity contribution is 7.22. The van der Waals surface area contributed by atoms with Gasteiger partial charge in [-0.05, 0) is 30.3 Å². The number of fused-ring (bicyclic) bond motifs is 1. The van der Waals surface area contributed by atoms with Gasteiger partial charge in [-0.3, -0.25) is 20.2 Å². The first kappa shape index (κ1) is 16.2. The zero-order valence-corrected chi connectivity index (χ0v) is 13.9. The number of hydrogen-bond donors (Lipinski definition) is 2. The van der Waals surface area contributed by atoms with Gasteiger partial charge in [-0.2, -0.15) is 0 Å². The molecule has 24 heavy (non-hydrogen) atoms. The Morgan fingerprint density at radius 3 is 2.79 bits per heavy atom. The van der Waals surface area contributed by atoms with E-state index in [0.717, 1.165) is 10.2 Å². The van der Waals surface area contributed by atoms with Gasteiger partial charge in [0.15, 0.2) is 5.13 Å². The number of rotatable bonds is 4. The molecule has 0 fully saturated rings. The average Bonchev–Trinajstić information content (AvgIpc) is 2.95. The van der Waals surface area contributed by atoms with E-state index in [1.807, 2.05) is 0 Å². The molecule has 0 aliphatic heterocycles. The van der Waals surface area contributed by atoms with E-state index in [0.29, 0.717) is 15.8 Å². The maximum Gasteiger partial charge on any atom is 0.293 e. The van der Waals surface area contributed by atoms with E-state index in [-0.39, 0.29) is 11.3 Å². The molecule has 1 heterocycles. The molecule has 0 unspecified atom stereocenters. The van der Waals surface area contributed by atoms with Crippen LogP contribution in [-0.4, -0.2) is 22.9 Å². The van der Waals surface area contributed by atoms with Crippen molar-refractivity contribution in [1.82, 2.24) is 4.98 Å². The lowest BCUT2D eigenvalue weighted by Gasteiger charge is -2.05. The molecule has 2 N–H and O–H groups in total. The van der Waals surface area contributed by atoms with Crippen LogP contribution < -0.4 is 10.6 Å². The van der Waals surface area contributed by atoms with Crippen LogP contribution in [0.5, 0.6) is 0 Å². The molecule has 9 heteroatoms. The van der Waals surface area contributed by atoms with Gasteiger partial charge in [0.2, 0.25) is 0 Å². The normalized spacial score (nSPS) is 10.6. The fourth-order valence-corrected chi connectivity index (χ4v) is 3.29. The fourth-order valence-electron chi connectivity index (χ4n) is 2.16. The predicted molar refractivity (Wildman–Crippen MR) is 95.2 cm³/mol. The molecule has 0 atom stereocenters. The molecule has 3 aromatic rings. The molecule has 1 aromatic heterocycles. The number of halogens is 1. The lowest BCUT2D eigenvalue weighted by atomic mass is 10.1. The summed E-state index contributed by atoms with van der Waals surface area (Å²) in [6.45, 7) is 0. The minimum atomic E-state index is -0.539. The van der Waals surface area contributed by atoms with Crippen molar-refractivity contribution in [2.75, 3.05) is 17.7 Å². The molecule has 2 aromatic carbocycles. The highest BCUT2D eigenvalue weighted by Crippen LogP contribution is 2.29. The lowest BCUT2D eigenvalue weighted by molar-refractivity contribution is -0.384. The third kappa shape index (κ3) is 3.15. The summed E-state index contributed by atoms with van der Waals surface area (Å²) in [6.07, 6.45) is 0. The SMILES string of the molecule is CNc1ccc(C(=O)Nc2nc3ccc(Cl)cc3s2)cc1[N+](=O)[O-]. The van der Waals surface area contributed by atoms with Crippen molar-refractivity contribution in [1.29, 1.82) is 0 Å². The summed E-state index contributed by atoms with van der Waals surface area (Å²) >= 11 is 7.21. The Morgan fingerprint density at radius 1 is 1.29 bits per heavy atom. The summed E-state index contributed by atoms with van der Waals surface area (Å²) in [4.78, 5) is 27.1. The number of nitrogens with one attached hydrogen (secondary N) is 2. The molecular formula is C15H11ClN4O3S. The van der Waals surface area contributed by atoms with E-state index >= 15 is 0 Å². The number of benzene rings is 2. The standard InChI is InChI=1S/C15H11ClN4O3S/c1-17-10-4-2-8(6-12(10)20(22)23)14(21)19-15-18-11-5-3-9(16)7-13(11)24-15/h2-7,17H,1H3,(H,18,19,21). The summed E-state index contributed by atoms with van der Waals surface area (Å²) in [5.41, 5.74) is 1.07. The monoisotopic (exact) mass is 362 g/mol. The number of anilines is 2. The molecule has 0 aliphatic carbocycles. The number of amides is 1. The van der Waals surface area contributed by atoms with Crippen LogP contribution in [0.4, 0.5) is 16.5 Å². The second-order valence-electron chi connectivity index (χ2n) is 4.82. The van der Waals surface area contributed by atoms with Crippen molar-refractivity contribution < 1.29 is 9.72 Å². The van der Waals surface area contributed by atoms with Crippen LogP contribution >= 0.6 is 22.9 Å². The highest BCUT2D eigenvalue weighted by Gasteiger charge is 2.17. The smallest absolute Gasteiger partial charge is 0.293 e. The molecular weight excluding hydrogens is 352 g/mol. The van der Waals surface area contributed by atoms with E-state index in [4.69, 9.17) is 11.6 Å². The number of carbonyl (C=O) groups is 1. The van der Waals surface area contributed by atoms with E-state index in [9.17, 15) is 14.9 Å². The maximum absolute atomic E-state index is 12.3. The van der Waals surface area contributed by atoms with Gasteiger partial charge in [0, 0.05) is 23.7 Å². The first-order valence-corrected chi connectivity index (χ1v) is 8.01. The Bertz CT molecular complexity index is 957. The van der Waals surface area contributed by atoms with Crippen molar-refractivity contribution >= 4 is 55.6 Å². The molecule has 3 rings (SSSR count). The Balaban J connectivity index is 1.88. The maximum atomic E-state index is 12.3. The van der Waals surface area contributed by atoms with Gasteiger partial charge in [-0.15, -0.1) is 0 Å². The molecule has 0 spiro atoms. The summed E-state index contributed by atoms with van der Waals surface area (Å²) in [5, 5.41) is 17.4. The highest BCUT2D eigenvalue weighted by atomic mass is 35.5. The second kappa shape index (κ2) is 6.42. The van der Waals surface area contributed by atoms with Crippen molar-refractivity contribution in [3.8, 4) is 0 Å². The topological polar surface area (TPSA) is 97.2 Å². The molecule has 0 aliphatic rings. The quantitative estimate of drug-likeness (QED) is 0.536. The van der Waals surface area contributed by atoms with Crippen LogP contribution in [0.25, 0.3) is 10.2 Å². The van der Waals surface area contributed by atoms with Crippen LogP contribution in [-0.2, 0) is 0 Å². The molecule has 0 saturated heterocycles. The first-order chi connectivity index (χ1) is 11.5. The molecule has 122 valence electrons. The van der Waals surface area contributed by atoms with Crippen molar-refractivity contribution in [2.45, 2.75) is 0 Å². The molecule has 0 bridgehead atoms. The van der Waals surface area contributed by atoms with Gasteiger partial charge in [-0.1, -0.05) is 22.9 Å². The van der Waals surface area contributed by atoms with Crippen LogP contribution in [0.3, 0.4) is 0 Å². The zero-order valence-electron chi connectivity index (χ0n) is 12.4. The largest absolute Gasteiger partial charge is 0.383 e. The molecule has 1 amide bonds. The average molecular weight is 363 g/mol. The van der Waals surface area contributed by atoms with Crippen LogP contribution in [0, 0.1) is 10.1 Å². The van der Waals surface area contributed by atoms with E-state index in [1.165, 1.54) is 29.5 Å². The third-order valence-electron chi connectivity index (χ3n) is 3.30. The minimum Gasteiger partial charge on any atom is -0.383 e. The minimum absolute atomic E-state index is 0.166. The van der Waals surface area contributed by atoms with Gasteiger partial charge in [-0.25, -0.2) is 4.98 Å². The Morgan fingerprint density at radius 2 is 2.08 bits per heavy atom. The van der Waals surface area contributed by atoms with E-state index in [1.54, 1.807) is 25.2 Å². The Hall–Kier alpha value is -2.71. The lowest BCUT2D eigenvalue weighted by Crippen LogP contribution is -2.12. The Kier molecular flexibility index (Phi) is 4.32. The van der Waals surface area contributed by atoms with E-state index in [2.05, 4.69) is 15.6 Å². The number of aromatic nitrogens is 1. The number of nitrogens with zero attached hydrogens (tertiary/aromatic N) is 2. The van der Waals surface area contributed by atoms with Gasteiger partial charge in [0.05, 0.1) is 15.1 Å². The van der Waals surface area contributed by atoms with Gasteiger partial charge in [0.25, 0.3) is 11.6 Å². The number of hydrogen-bond acceptors (Lipinski definition) is 6. The third-order valence-corrected chi connectivity index (χ3v) is 4.47. The van der Waals surface area contributed by atoms with Gasteiger partial charge >= 0.3 is 0 Å². The summed E-state index contributed by atoms with van der Waals surface area (Å²) in [5.74, 6) is -0.467. The summed E-state index contributed by atoms with van der Waals surface area (Å²) < 4.78 is 0.842. The second-order valence-corrected chi connectivity index (χ2v) is 6.29. The number of carbonyl (C=O) groups excluding carboxylic acids is 1.